The van der Waals surface area contributed by atoms with Crippen molar-refractivity contribution in [2.45, 2.75) is 20.3 Å². The zero-order valence-corrected chi connectivity index (χ0v) is 15.2. The normalized spacial score (nSPS) is 10.2. The second-order valence-corrected chi connectivity index (χ2v) is 6.57. The first-order valence-corrected chi connectivity index (χ1v) is 7.95. The topological polar surface area (TPSA) is 29.5 Å². The van der Waals surface area contributed by atoms with Crippen molar-refractivity contribution in [3.05, 3.63) is 50.3 Å². The highest BCUT2D eigenvalue weighted by Gasteiger charge is 2.06. The summed E-state index contributed by atoms with van der Waals surface area (Å²) in [6.45, 7) is 5.26. The second kappa shape index (κ2) is 9.03. The van der Waals surface area contributed by atoms with Crippen molar-refractivity contribution < 1.29 is 9.53 Å². The Bertz CT molecular complexity index is 540. The van der Waals surface area contributed by atoms with E-state index >= 15 is 0 Å². The molecule has 0 aliphatic carbocycles. The Balaban J connectivity index is 2.55. The van der Waals surface area contributed by atoms with Gasteiger partial charge in [0.1, 0.15) is 6.61 Å². The molecule has 4 heteroatoms. The zero-order valence-electron chi connectivity index (χ0n) is 13.1. The quantitative estimate of drug-likeness (QED) is 0.413. The van der Waals surface area contributed by atoms with Crippen LogP contribution >= 0.6 is 22.6 Å². The average molecular weight is 399 g/mol. The number of ether oxygens (including phenoxy) is 1. The minimum atomic E-state index is -0.293. The number of benzene rings is 1. The van der Waals surface area contributed by atoms with Gasteiger partial charge in [0, 0.05) is 15.7 Å². The third-order valence-corrected chi connectivity index (χ3v) is 3.58. The lowest BCUT2D eigenvalue weighted by atomic mass is 10.2. The van der Waals surface area contributed by atoms with E-state index in [4.69, 9.17) is 4.74 Å². The Morgan fingerprint density at radius 2 is 1.81 bits per heavy atom. The summed E-state index contributed by atoms with van der Waals surface area (Å²) in [4.78, 5) is 14.0. The monoisotopic (exact) mass is 399 g/mol. The number of hydrogen-bond donors (Lipinski definition) is 0. The standard InChI is InChI=1S/C17H22INO2/c1-13(9-10-19(3)4)11-14(2)12-21-17(20)15-5-7-16(18)8-6-15/h5-8H,9-10,12H2,1-4H3. The molecule has 0 fully saturated rings. The summed E-state index contributed by atoms with van der Waals surface area (Å²) in [5, 5.41) is 0. The van der Waals surface area contributed by atoms with Gasteiger partial charge in [0.2, 0.25) is 0 Å². The number of rotatable bonds is 6. The van der Waals surface area contributed by atoms with Crippen molar-refractivity contribution in [1.82, 2.24) is 4.90 Å². The maximum absolute atomic E-state index is 11.9. The minimum absolute atomic E-state index is 0.282. The summed E-state index contributed by atoms with van der Waals surface area (Å²) in [5.41, 5.74) is 5.97. The van der Waals surface area contributed by atoms with E-state index in [1.807, 2.05) is 40.1 Å². The van der Waals surface area contributed by atoms with Crippen LogP contribution in [0.3, 0.4) is 0 Å². The van der Waals surface area contributed by atoms with E-state index < -0.39 is 0 Å². The van der Waals surface area contributed by atoms with E-state index in [0.717, 1.165) is 22.1 Å². The Kier molecular flexibility index (Phi) is 7.72. The molecule has 3 nitrogen and oxygen atoms in total. The van der Waals surface area contributed by atoms with Gasteiger partial charge in [-0.15, -0.1) is 5.73 Å². The van der Waals surface area contributed by atoms with Crippen LogP contribution in [0.5, 0.6) is 0 Å². The van der Waals surface area contributed by atoms with Crippen LogP contribution in [0.1, 0.15) is 30.6 Å². The smallest absolute Gasteiger partial charge is 0.338 e. The molecule has 1 rings (SSSR count). The van der Waals surface area contributed by atoms with Gasteiger partial charge in [-0.2, -0.15) is 0 Å². The van der Waals surface area contributed by atoms with Gasteiger partial charge in [-0.1, -0.05) is 0 Å². The molecule has 0 saturated carbocycles. The largest absolute Gasteiger partial charge is 0.457 e. The van der Waals surface area contributed by atoms with Crippen molar-refractivity contribution in [1.29, 1.82) is 0 Å². The van der Waals surface area contributed by atoms with Crippen molar-refractivity contribution in [2.75, 3.05) is 27.2 Å². The molecule has 0 radical (unpaired) electrons. The van der Waals surface area contributed by atoms with Crippen LogP contribution in [0.15, 0.2) is 41.1 Å². The first-order valence-electron chi connectivity index (χ1n) is 6.88. The fraction of sp³-hybridized carbons (Fsp3) is 0.412. The Hall–Kier alpha value is -1.10. The Labute approximate surface area is 140 Å². The van der Waals surface area contributed by atoms with E-state index in [1.165, 1.54) is 5.57 Å². The van der Waals surface area contributed by atoms with Gasteiger partial charge in [0.05, 0.1) is 5.56 Å². The summed E-state index contributed by atoms with van der Waals surface area (Å²) in [7, 11) is 4.10. The first-order chi connectivity index (χ1) is 9.88. The Morgan fingerprint density at radius 1 is 1.19 bits per heavy atom. The first kappa shape index (κ1) is 18.0. The highest BCUT2D eigenvalue weighted by Crippen LogP contribution is 2.09. The van der Waals surface area contributed by atoms with Crippen LogP contribution in [0.4, 0.5) is 0 Å². The molecule has 0 bridgehead atoms. The number of carbonyl (C=O) groups excluding carboxylic acids is 1. The molecular weight excluding hydrogens is 377 g/mol. The third-order valence-electron chi connectivity index (χ3n) is 2.86. The minimum Gasteiger partial charge on any atom is -0.457 e. The molecule has 0 aliphatic heterocycles. The molecule has 21 heavy (non-hydrogen) atoms. The van der Waals surface area contributed by atoms with E-state index in [1.54, 1.807) is 12.1 Å². The number of hydrogen-bond acceptors (Lipinski definition) is 3. The van der Waals surface area contributed by atoms with E-state index in [2.05, 4.69) is 33.2 Å². The van der Waals surface area contributed by atoms with Gasteiger partial charge in [-0.05, 0) is 86.8 Å². The number of halogens is 1. The van der Waals surface area contributed by atoms with Crippen LogP contribution in [0.25, 0.3) is 0 Å². The van der Waals surface area contributed by atoms with Crippen LogP contribution in [0, 0.1) is 3.57 Å². The van der Waals surface area contributed by atoms with E-state index in [-0.39, 0.29) is 12.6 Å². The van der Waals surface area contributed by atoms with Gasteiger partial charge < -0.3 is 9.64 Å². The molecular formula is C17H22INO2. The highest BCUT2D eigenvalue weighted by atomic mass is 127. The van der Waals surface area contributed by atoms with Crippen LogP contribution in [-0.2, 0) is 4.74 Å². The van der Waals surface area contributed by atoms with E-state index in [9.17, 15) is 4.79 Å². The van der Waals surface area contributed by atoms with Gasteiger partial charge in [0.25, 0.3) is 0 Å². The van der Waals surface area contributed by atoms with Crippen molar-refractivity contribution in [2.24, 2.45) is 0 Å². The van der Waals surface area contributed by atoms with Crippen molar-refractivity contribution in [3.63, 3.8) is 0 Å². The molecule has 0 N–H and O–H groups in total. The summed E-state index contributed by atoms with van der Waals surface area (Å²) < 4.78 is 6.39. The SMILES string of the molecule is CC(=C=C(C)COC(=O)c1ccc(I)cc1)CCN(C)C. The number of carbonyl (C=O) groups is 1. The van der Waals surface area contributed by atoms with Crippen LogP contribution in [0.2, 0.25) is 0 Å². The van der Waals surface area contributed by atoms with Gasteiger partial charge in [-0.25, -0.2) is 4.79 Å². The maximum Gasteiger partial charge on any atom is 0.338 e. The molecule has 1 aromatic rings. The fourth-order valence-electron chi connectivity index (χ4n) is 1.70. The van der Waals surface area contributed by atoms with Crippen LogP contribution < -0.4 is 0 Å². The zero-order chi connectivity index (χ0) is 15.8. The fourth-order valence-corrected chi connectivity index (χ4v) is 2.06. The summed E-state index contributed by atoms with van der Waals surface area (Å²) in [6, 6.07) is 7.35. The van der Waals surface area contributed by atoms with Crippen molar-refractivity contribution >= 4 is 28.6 Å². The molecule has 1 aromatic carbocycles. The van der Waals surface area contributed by atoms with Crippen molar-refractivity contribution in [3.8, 4) is 0 Å². The second-order valence-electron chi connectivity index (χ2n) is 5.32. The maximum atomic E-state index is 11.9. The molecule has 0 spiro atoms. The lowest BCUT2D eigenvalue weighted by Gasteiger charge is -2.08. The number of nitrogens with zero attached hydrogens (tertiary/aromatic N) is 1. The third kappa shape index (κ3) is 7.46. The molecule has 0 atom stereocenters. The van der Waals surface area contributed by atoms with E-state index in [0.29, 0.717) is 5.56 Å². The van der Waals surface area contributed by atoms with Crippen LogP contribution in [-0.4, -0.2) is 38.1 Å². The Morgan fingerprint density at radius 3 is 2.38 bits per heavy atom. The van der Waals surface area contributed by atoms with Gasteiger partial charge in [0.15, 0.2) is 0 Å². The highest BCUT2D eigenvalue weighted by molar-refractivity contribution is 14.1. The summed E-state index contributed by atoms with van der Waals surface area (Å²) in [5.74, 6) is -0.293. The molecule has 0 aromatic heterocycles. The lowest BCUT2D eigenvalue weighted by Crippen LogP contribution is -2.12. The van der Waals surface area contributed by atoms with Gasteiger partial charge >= 0.3 is 5.97 Å². The molecule has 0 heterocycles. The molecule has 0 unspecified atom stereocenters. The molecule has 0 amide bonds. The summed E-state index contributed by atoms with van der Waals surface area (Å²) in [6.07, 6.45) is 0.968. The molecule has 114 valence electrons. The number of esters is 1. The predicted octanol–water partition coefficient (Wildman–Crippen LogP) is 3.89. The van der Waals surface area contributed by atoms with Gasteiger partial charge in [-0.3, -0.25) is 0 Å². The summed E-state index contributed by atoms with van der Waals surface area (Å²) >= 11 is 2.20. The molecule has 0 aliphatic rings. The lowest BCUT2D eigenvalue weighted by molar-refractivity contribution is 0.0540. The predicted molar refractivity (Wildman–Crippen MR) is 94.5 cm³/mol. The molecule has 0 saturated heterocycles. The average Bonchev–Trinajstić information content (AvgIpc) is 2.43.